The highest BCUT2D eigenvalue weighted by atomic mass is 32.2. The van der Waals surface area contributed by atoms with Crippen molar-refractivity contribution in [3.63, 3.8) is 0 Å². The monoisotopic (exact) mass is 375 g/mol. The van der Waals surface area contributed by atoms with Crippen LogP contribution in [0.5, 0.6) is 0 Å². The third-order valence-corrected chi connectivity index (χ3v) is 7.29. The van der Waals surface area contributed by atoms with Crippen LogP contribution in [0, 0.1) is 0 Å². The van der Waals surface area contributed by atoms with Crippen LogP contribution in [-0.4, -0.2) is 73.4 Å². The molecule has 2 aliphatic rings. The number of likely N-dealkylation sites (tertiary alicyclic amines) is 1. The number of carbonyl (C=O) groups is 1. The van der Waals surface area contributed by atoms with Crippen molar-refractivity contribution >= 4 is 15.9 Å². The van der Waals surface area contributed by atoms with Crippen LogP contribution in [0.25, 0.3) is 0 Å². The minimum atomic E-state index is -3.56. The van der Waals surface area contributed by atoms with Crippen molar-refractivity contribution in [3.05, 3.63) is 0 Å². The maximum Gasteiger partial charge on any atom is 0.412 e. The number of nitrogens with zero attached hydrogens (tertiary/aromatic N) is 2. The van der Waals surface area contributed by atoms with Gasteiger partial charge in [-0.05, 0) is 40.0 Å². The lowest BCUT2D eigenvalue weighted by Crippen LogP contribution is -2.75. The molecule has 0 bridgehead atoms. The quantitative estimate of drug-likeness (QED) is 0.807. The molecule has 1 unspecified atom stereocenters. The van der Waals surface area contributed by atoms with Crippen molar-refractivity contribution in [2.75, 3.05) is 38.5 Å². The average Bonchev–Trinajstić information content (AvgIpc) is 2.53. The van der Waals surface area contributed by atoms with Gasteiger partial charge in [-0.1, -0.05) is 13.3 Å². The third kappa shape index (κ3) is 4.28. The highest BCUT2D eigenvalue weighted by molar-refractivity contribution is 7.92. The molecule has 1 atom stereocenters. The first-order valence-electron chi connectivity index (χ1n) is 9.33. The Kier molecular flexibility index (Phi) is 6.38. The lowest BCUT2D eigenvalue weighted by atomic mass is 10.1. The number of piperazine rings is 1. The van der Waals surface area contributed by atoms with Gasteiger partial charge in [-0.15, -0.1) is 0 Å². The van der Waals surface area contributed by atoms with Gasteiger partial charge in [0.25, 0.3) is 0 Å². The van der Waals surface area contributed by atoms with E-state index in [-0.39, 0.29) is 12.3 Å². The molecule has 0 aromatic heterocycles. The van der Waals surface area contributed by atoms with E-state index in [9.17, 15) is 13.2 Å². The standard InChI is InChI=1S/C17H33N3O4S/c1-5-13-25(22,23)17(19-10-7-6-8-11-19)14-18-9-12-20(17)15(21)24-16(2,3)4/h18H,5-14H2,1-4H3. The zero-order valence-corrected chi connectivity index (χ0v) is 16.8. The van der Waals surface area contributed by atoms with Crippen molar-refractivity contribution < 1.29 is 17.9 Å². The summed E-state index contributed by atoms with van der Waals surface area (Å²) in [6.07, 6.45) is 2.98. The summed E-state index contributed by atoms with van der Waals surface area (Å²) in [6, 6.07) is 0. The van der Waals surface area contributed by atoms with Crippen molar-refractivity contribution in [3.8, 4) is 0 Å². The summed E-state index contributed by atoms with van der Waals surface area (Å²) >= 11 is 0. The van der Waals surface area contributed by atoms with E-state index in [1.807, 2.05) is 11.8 Å². The molecule has 25 heavy (non-hydrogen) atoms. The van der Waals surface area contributed by atoms with Gasteiger partial charge >= 0.3 is 6.09 Å². The molecule has 0 aliphatic carbocycles. The van der Waals surface area contributed by atoms with E-state index in [1.165, 1.54) is 4.90 Å². The van der Waals surface area contributed by atoms with Crippen LogP contribution >= 0.6 is 0 Å². The van der Waals surface area contributed by atoms with Crippen LogP contribution < -0.4 is 5.32 Å². The fourth-order valence-corrected chi connectivity index (χ4v) is 5.96. The van der Waals surface area contributed by atoms with E-state index in [1.54, 1.807) is 20.8 Å². The Bertz CT molecular complexity index is 567. The van der Waals surface area contributed by atoms with Gasteiger partial charge in [0.05, 0.1) is 5.75 Å². The maximum atomic E-state index is 13.4. The van der Waals surface area contributed by atoms with E-state index in [0.717, 1.165) is 19.3 Å². The Labute approximate surface area is 152 Å². The normalized spacial score (nSPS) is 26.5. The minimum absolute atomic E-state index is 0.0600. The number of carbonyl (C=O) groups excluding carboxylic acids is 1. The molecular weight excluding hydrogens is 342 g/mol. The number of piperidine rings is 1. The van der Waals surface area contributed by atoms with Gasteiger partial charge in [-0.25, -0.2) is 13.2 Å². The average molecular weight is 376 g/mol. The SMILES string of the molecule is CCCS(=O)(=O)C1(N2CCCCC2)CNCCN1C(=O)OC(C)(C)C. The molecule has 0 spiro atoms. The van der Waals surface area contributed by atoms with Gasteiger partial charge in [-0.2, -0.15) is 0 Å². The van der Waals surface area contributed by atoms with Gasteiger partial charge in [0.1, 0.15) is 5.60 Å². The van der Waals surface area contributed by atoms with Crippen LogP contribution in [0.2, 0.25) is 0 Å². The van der Waals surface area contributed by atoms with Gasteiger partial charge in [0.2, 0.25) is 4.99 Å². The lowest BCUT2D eigenvalue weighted by molar-refractivity contribution is -0.0434. The van der Waals surface area contributed by atoms with Crippen molar-refractivity contribution in [1.82, 2.24) is 15.1 Å². The first-order valence-corrected chi connectivity index (χ1v) is 11.0. The van der Waals surface area contributed by atoms with Crippen molar-refractivity contribution in [1.29, 1.82) is 0 Å². The fraction of sp³-hybridized carbons (Fsp3) is 0.941. The molecule has 0 aromatic rings. The van der Waals surface area contributed by atoms with E-state index in [4.69, 9.17) is 4.74 Å². The molecular formula is C17H33N3O4S. The number of nitrogens with one attached hydrogen (secondary N) is 1. The zero-order valence-electron chi connectivity index (χ0n) is 16.0. The highest BCUT2D eigenvalue weighted by Gasteiger charge is 2.56. The Morgan fingerprint density at radius 3 is 2.36 bits per heavy atom. The third-order valence-electron chi connectivity index (χ3n) is 4.72. The molecule has 146 valence electrons. The molecule has 0 saturated carbocycles. The van der Waals surface area contributed by atoms with Gasteiger partial charge in [-0.3, -0.25) is 9.80 Å². The van der Waals surface area contributed by atoms with Crippen LogP contribution in [0.3, 0.4) is 0 Å². The number of sulfone groups is 1. The van der Waals surface area contributed by atoms with E-state index in [0.29, 0.717) is 32.6 Å². The second-order valence-corrected chi connectivity index (χ2v) is 10.2. The van der Waals surface area contributed by atoms with E-state index < -0.39 is 26.5 Å². The number of amides is 1. The van der Waals surface area contributed by atoms with E-state index >= 15 is 0 Å². The summed E-state index contributed by atoms with van der Waals surface area (Å²) in [5.74, 6) is 0.0600. The van der Waals surface area contributed by atoms with Crippen molar-refractivity contribution in [2.24, 2.45) is 0 Å². The lowest BCUT2D eigenvalue weighted by Gasteiger charge is -2.52. The predicted molar refractivity (Wildman–Crippen MR) is 98.0 cm³/mol. The summed E-state index contributed by atoms with van der Waals surface area (Å²) < 4.78 is 32.3. The highest BCUT2D eigenvalue weighted by Crippen LogP contribution is 2.34. The van der Waals surface area contributed by atoms with E-state index in [2.05, 4.69) is 5.32 Å². The number of rotatable bonds is 4. The van der Waals surface area contributed by atoms with Crippen LogP contribution in [0.1, 0.15) is 53.4 Å². The second kappa shape index (κ2) is 7.80. The van der Waals surface area contributed by atoms with Crippen molar-refractivity contribution in [2.45, 2.75) is 64.0 Å². The fourth-order valence-electron chi connectivity index (χ4n) is 3.70. The first kappa shape index (κ1) is 20.5. The predicted octanol–water partition coefficient (Wildman–Crippen LogP) is 1.79. The summed E-state index contributed by atoms with van der Waals surface area (Å²) in [4.78, 5) is 15.0. The molecule has 2 aliphatic heterocycles. The molecule has 8 heteroatoms. The smallest absolute Gasteiger partial charge is 0.412 e. The molecule has 2 heterocycles. The molecule has 1 N–H and O–H groups in total. The number of hydrogen-bond acceptors (Lipinski definition) is 6. The minimum Gasteiger partial charge on any atom is -0.444 e. The summed E-state index contributed by atoms with van der Waals surface area (Å²) in [6.45, 7) is 9.76. The van der Waals surface area contributed by atoms with Gasteiger partial charge in [0.15, 0.2) is 9.84 Å². The maximum absolute atomic E-state index is 13.4. The van der Waals surface area contributed by atoms with Gasteiger partial charge in [0, 0.05) is 32.7 Å². The number of ether oxygens (including phenoxy) is 1. The Morgan fingerprint density at radius 1 is 1.16 bits per heavy atom. The first-order chi connectivity index (χ1) is 11.6. The molecule has 2 fully saturated rings. The molecule has 0 aromatic carbocycles. The molecule has 0 radical (unpaired) electrons. The summed E-state index contributed by atoms with van der Waals surface area (Å²) in [5, 5.41) is 3.21. The largest absolute Gasteiger partial charge is 0.444 e. The van der Waals surface area contributed by atoms with Gasteiger partial charge < -0.3 is 10.1 Å². The number of hydrogen-bond donors (Lipinski definition) is 1. The second-order valence-electron chi connectivity index (χ2n) is 7.92. The van der Waals surface area contributed by atoms with Crippen LogP contribution in [0.15, 0.2) is 0 Å². The Morgan fingerprint density at radius 2 is 1.80 bits per heavy atom. The zero-order chi connectivity index (χ0) is 18.7. The molecule has 2 rings (SSSR count). The Hall–Kier alpha value is -0.860. The Balaban J connectivity index is 2.47. The molecule has 2 saturated heterocycles. The summed E-state index contributed by atoms with van der Waals surface area (Å²) in [7, 11) is -3.56. The molecule has 7 nitrogen and oxygen atoms in total. The summed E-state index contributed by atoms with van der Waals surface area (Å²) in [5.41, 5.74) is -0.663. The van der Waals surface area contributed by atoms with Crippen LogP contribution in [0.4, 0.5) is 4.79 Å². The molecule has 1 amide bonds. The van der Waals surface area contributed by atoms with Crippen LogP contribution in [-0.2, 0) is 14.6 Å². The topological polar surface area (TPSA) is 79.0 Å².